The van der Waals surface area contributed by atoms with E-state index in [9.17, 15) is 14.4 Å². The first kappa shape index (κ1) is 16.5. The molecule has 0 aromatic heterocycles. The Morgan fingerprint density at radius 1 is 1.19 bits per heavy atom. The molecule has 0 bridgehead atoms. The lowest BCUT2D eigenvalue weighted by atomic mass is 9.89. The third kappa shape index (κ3) is 5.13. The van der Waals surface area contributed by atoms with Crippen molar-refractivity contribution in [2.75, 3.05) is 17.7 Å². The van der Waals surface area contributed by atoms with Gasteiger partial charge in [-0.3, -0.25) is 14.9 Å². The minimum atomic E-state index is -1.15. The minimum absolute atomic E-state index is 0.156. The van der Waals surface area contributed by atoms with Crippen LogP contribution in [0.3, 0.4) is 0 Å². The Kier molecular flexibility index (Phi) is 5.29. The highest BCUT2D eigenvalue weighted by molar-refractivity contribution is 5.95. The Labute approximate surface area is 122 Å². The number of hydrogen-bond donors (Lipinski definition) is 3. The van der Waals surface area contributed by atoms with Crippen LogP contribution in [-0.4, -0.2) is 30.2 Å². The Balaban J connectivity index is 2.71. The second-order valence-corrected chi connectivity index (χ2v) is 5.11. The van der Waals surface area contributed by atoms with Gasteiger partial charge in [-0.05, 0) is 32.0 Å². The van der Waals surface area contributed by atoms with E-state index in [1.54, 1.807) is 24.3 Å². The molecule has 0 atom stereocenters. The number of aliphatic carboxylic acids is 1. The molecule has 21 heavy (non-hydrogen) atoms. The number of anilines is 2. The van der Waals surface area contributed by atoms with Crippen molar-refractivity contribution in [3.63, 3.8) is 0 Å². The standard InChI is InChI=1S/C14H18N2O5/c1-14(2,12(18)19)8-11(17)15-9-5-4-6-10(7-9)16-13(20)21-3/h4-7H,8H2,1-3H3,(H,15,17)(H,16,20)(H,18,19). The molecule has 0 aliphatic carbocycles. The van der Waals surface area contributed by atoms with Crippen molar-refractivity contribution in [2.24, 2.45) is 5.41 Å². The van der Waals surface area contributed by atoms with Gasteiger partial charge in [0.25, 0.3) is 0 Å². The van der Waals surface area contributed by atoms with E-state index in [0.717, 1.165) is 0 Å². The van der Waals surface area contributed by atoms with Crippen LogP contribution in [0.5, 0.6) is 0 Å². The average molecular weight is 294 g/mol. The van der Waals surface area contributed by atoms with Gasteiger partial charge in [0.15, 0.2) is 0 Å². The van der Waals surface area contributed by atoms with Crippen LogP contribution in [0.15, 0.2) is 24.3 Å². The summed E-state index contributed by atoms with van der Waals surface area (Å²) in [6.07, 6.45) is -0.776. The van der Waals surface area contributed by atoms with Gasteiger partial charge in [-0.25, -0.2) is 4.79 Å². The van der Waals surface area contributed by atoms with Gasteiger partial charge in [0.2, 0.25) is 5.91 Å². The molecule has 0 saturated heterocycles. The van der Waals surface area contributed by atoms with Crippen molar-refractivity contribution in [1.29, 1.82) is 0 Å². The smallest absolute Gasteiger partial charge is 0.411 e. The minimum Gasteiger partial charge on any atom is -0.481 e. The molecule has 1 aromatic rings. The molecule has 0 unspecified atom stereocenters. The summed E-state index contributed by atoms with van der Waals surface area (Å²) in [5.41, 5.74) is -0.237. The number of carbonyl (C=O) groups is 3. The summed E-state index contributed by atoms with van der Waals surface area (Å²) in [5, 5.41) is 14.0. The predicted octanol–water partition coefficient (Wildman–Crippen LogP) is 2.30. The van der Waals surface area contributed by atoms with Crippen LogP contribution in [-0.2, 0) is 14.3 Å². The van der Waals surface area contributed by atoms with Crippen molar-refractivity contribution in [1.82, 2.24) is 0 Å². The monoisotopic (exact) mass is 294 g/mol. The molecule has 2 amide bonds. The molecule has 0 radical (unpaired) electrons. The molecule has 1 aromatic carbocycles. The van der Waals surface area contributed by atoms with Crippen LogP contribution < -0.4 is 10.6 Å². The van der Waals surface area contributed by atoms with Gasteiger partial charge < -0.3 is 15.2 Å². The normalized spacial score (nSPS) is 10.6. The van der Waals surface area contributed by atoms with Crippen LogP contribution in [0.1, 0.15) is 20.3 Å². The SMILES string of the molecule is COC(=O)Nc1cccc(NC(=O)CC(C)(C)C(=O)O)c1. The van der Waals surface area contributed by atoms with Crippen molar-refractivity contribution in [3.05, 3.63) is 24.3 Å². The van der Waals surface area contributed by atoms with Crippen LogP contribution in [0.2, 0.25) is 0 Å². The largest absolute Gasteiger partial charge is 0.481 e. The number of carboxylic acids is 1. The van der Waals surface area contributed by atoms with Gasteiger partial charge in [0, 0.05) is 17.8 Å². The predicted molar refractivity (Wildman–Crippen MR) is 77.1 cm³/mol. The summed E-state index contributed by atoms with van der Waals surface area (Å²) in [6, 6.07) is 6.45. The fourth-order valence-corrected chi connectivity index (χ4v) is 1.53. The quantitative estimate of drug-likeness (QED) is 0.773. The van der Waals surface area contributed by atoms with Crippen LogP contribution in [0, 0.1) is 5.41 Å². The van der Waals surface area contributed by atoms with Gasteiger partial charge in [-0.15, -0.1) is 0 Å². The Bertz CT molecular complexity index is 554. The summed E-state index contributed by atoms with van der Waals surface area (Å²) < 4.78 is 4.46. The van der Waals surface area contributed by atoms with E-state index in [2.05, 4.69) is 15.4 Å². The lowest BCUT2D eigenvalue weighted by Gasteiger charge is -2.18. The summed E-state index contributed by atoms with van der Waals surface area (Å²) in [4.78, 5) is 33.9. The molecule has 0 spiro atoms. The van der Waals surface area contributed by atoms with Gasteiger partial charge >= 0.3 is 12.1 Å². The first-order valence-corrected chi connectivity index (χ1v) is 6.23. The number of methoxy groups -OCH3 is 1. The Morgan fingerprint density at radius 3 is 2.29 bits per heavy atom. The maximum Gasteiger partial charge on any atom is 0.411 e. The van der Waals surface area contributed by atoms with E-state index in [0.29, 0.717) is 11.4 Å². The summed E-state index contributed by atoms with van der Waals surface area (Å²) >= 11 is 0. The number of benzene rings is 1. The maximum absolute atomic E-state index is 11.8. The zero-order chi connectivity index (χ0) is 16.0. The van der Waals surface area contributed by atoms with Crippen molar-refractivity contribution in [2.45, 2.75) is 20.3 Å². The van der Waals surface area contributed by atoms with E-state index >= 15 is 0 Å². The fraction of sp³-hybridized carbons (Fsp3) is 0.357. The molecular weight excluding hydrogens is 276 g/mol. The lowest BCUT2D eigenvalue weighted by molar-refractivity contribution is -0.148. The summed E-state index contributed by atoms with van der Waals surface area (Å²) in [6.45, 7) is 2.95. The number of amides is 2. The van der Waals surface area contributed by atoms with Gasteiger partial charge in [0.1, 0.15) is 0 Å². The molecule has 0 saturated carbocycles. The average Bonchev–Trinajstić information content (AvgIpc) is 2.37. The number of hydrogen-bond acceptors (Lipinski definition) is 4. The van der Waals surface area contributed by atoms with Crippen LogP contribution >= 0.6 is 0 Å². The van der Waals surface area contributed by atoms with Gasteiger partial charge in [0.05, 0.1) is 12.5 Å². The fourth-order valence-electron chi connectivity index (χ4n) is 1.53. The van der Waals surface area contributed by atoms with E-state index in [4.69, 9.17) is 5.11 Å². The van der Waals surface area contributed by atoms with Gasteiger partial charge in [-0.1, -0.05) is 6.07 Å². The molecule has 0 aliphatic rings. The summed E-state index contributed by atoms with van der Waals surface area (Å²) in [7, 11) is 1.24. The Hall–Kier alpha value is -2.57. The first-order chi connectivity index (χ1) is 9.74. The second-order valence-electron chi connectivity index (χ2n) is 5.11. The molecule has 114 valence electrons. The number of ether oxygens (including phenoxy) is 1. The third-order valence-electron chi connectivity index (χ3n) is 2.76. The highest BCUT2D eigenvalue weighted by Crippen LogP contribution is 2.22. The topological polar surface area (TPSA) is 105 Å². The number of carboxylic acid groups (broad SMARTS) is 1. The summed E-state index contributed by atoms with van der Waals surface area (Å²) in [5.74, 6) is -1.46. The molecule has 1 rings (SSSR count). The number of rotatable bonds is 5. The van der Waals surface area contributed by atoms with E-state index in [-0.39, 0.29) is 6.42 Å². The van der Waals surface area contributed by atoms with Crippen LogP contribution in [0.4, 0.5) is 16.2 Å². The van der Waals surface area contributed by atoms with Crippen LogP contribution in [0.25, 0.3) is 0 Å². The van der Waals surface area contributed by atoms with E-state index in [1.165, 1.54) is 21.0 Å². The molecule has 3 N–H and O–H groups in total. The molecule has 0 aliphatic heterocycles. The first-order valence-electron chi connectivity index (χ1n) is 6.23. The molecule has 0 heterocycles. The molecular formula is C14H18N2O5. The zero-order valence-electron chi connectivity index (χ0n) is 12.1. The lowest BCUT2D eigenvalue weighted by Crippen LogP contribution is -2.29. The van der Waals surface area contributed by atoms with Crippen molar-refractivity contribution >= 4 is 29.3 Å². The highest BCUT2D eigenvalue weighted by Gasteiger charge is 2.30. The Morgan fingerprint density at radius 2 is 1.76 bits per heavy atom. The van der Waals surface area contributed by atoms with E-state index < -0.39 is 23.4 Å². The zero-order valence-corrected chi connectivity index (χ0v) is 12.1. The number of nitrogens with one attached hydrogen (secondary N) is 2. The third-order valence-corrected chi connectivity index (χ3v) is 2.76. The van der Waals surface area contributed by atoms with E-state index in [1.807, 2.05) is 0 Å². The second kappa shape index (κ2) is 6.74. The number of carbonyl (C=O) groups excluding carboxylic acids is 2. The van der Waals surface area contributed by atoms with Crippen molar-refractivity contribution < 1.29 is 24.2 Å². The highest BCUT2D eigenvalue weighted by atomic mass is 16.5. The maximum atomic E-state index is 11.8. The van der Waals surface area contributed by atoms with Gasteiger partial charge in [-0.2, -0.15) is 0 Å². The molecule has 7 nitrogen and oxygen atoms in total. The molecule has 0 fully saturated rings. The van der Waals surface area contributed by atoms with Crippen molar-refractivity contribution in [3.8, 4) is 0 Å². The molecule has 7 heteroatoms.